The van der Waals surface area contributed by atoms with Gasteiger partial charge in [-0.15, -0.1) is 11.8 Å². The Kier molecular flexibility index (Phi) is 6.86. The molecule has 1 fully saturated rings. The zero-order valence-corrected chi connectivity index (χ0v) is 17.5. The number of carbonyl (C=O) groups excluding carboxylic acids is 2. The highest BCUT2D eigenvalue weighted by Crippen LogP contribution is 2.32. The van der Waals surface area contributed by atoms with Crippen molar-refractivity contribution in [3.05, 3.63) is 52.5 Å². The number of nitrogens with one attached hydrogen (secondary N) is 1. The fourth-order valence-electron chi connectivity index (χ4n) is 3.10. The van der Waals surface area contributed by atoms with E-state index in [-0.39, 0.29) is 11.8 Å². The highest BCUT2D eigenvalue weighted by molar-refractivity contribution is 8.00. The molecule has 28 heavy (non-hydrogen) atoms. The highest BCUT2D eigenvalue weighted by Gasteiger charge is 2.20. The smallest absolute Gasteiger partial charge is 0.256 e. The molecule has 1 aliphatic heterocycles. The molecule has 1 aliphatic rings. The Bertz CT molecular complexity index is 882. The van der Waals surface area contributed by atoms with Crippen molar-refractivity contribution in [1.82, 2.24) is 4.90 Å². The second-order valence-electron chi connectivity index (χ2n) is 6.63. The van der Waals surface area contributed by atoms with Crippen molar-refractivity contribution in [2.24, 2.45) is 0 Å². The van der Waals surface area contributed by atoms with Gasteiger partial charge in [-0.1, -0.05) is 23.7 Å². The summed E-state index contributed by atoms with van der Waals surface area (Å²) in [6.07, 6.45) is 2.13. The van der Waals surface area contributed by atoms with Crippen LogP contribution in [-0.4, -0.2) is 42.7 Å². The number of hydrogen-bond donors (Lipinski definition) is 1. The SMILES string of the molecule is COc1cc(Cl)c(C)cc1NC(=O)c1ccccc1SCC(=O)N1CCCC1. The molecule has 0 bridgehead atoms. The van der Waals surface area contributed by atoms with Crippen LogP contribution in [0, 0.1) is 6.92 Å². The minimum absolute atomic E-state index is 0.118. The van der Waals surface area contributed by atoms with Gasteiger partial charge in [0.05, 0.1) is 24.1 Å². The standard InChI is InChI=1S/C21H23ClN2O3S/c1-14-11-17(18(27-2)12-16(14)22)23-21(26)15-7-3-4-8-19(15)28-13-20(25)24-9-5-6-10-24/h3-4,7-8,11-12H,5-6,9-10,13H2,1-2H3,(H,23,26). The first kappa shape index (κ1) is 20.6. The quantitative estimate of drug-likeness (QED) is 0.695. The fraction of sp³-hybridized carbons (Fsp3) is 0.333. The van der Waals surface area contributed by atoms with Gasteiger partial charge in [-0.2, -0.15) is 0 Å². The number of rotatable bonds is 6. The number of carbonyl (C=O) groups is 2. The molecule has 0 saturated carbocycles. The first-order valence-electron chi connectivity index (χ1n) is 9.14. The van der Waals surface area contributed by atoms with Crippen molar-refractivity contribution >= 4 is 40.9 Å². The van der Waals surface area contributed by atoms with Crippen LogP contribution >= 0.6 is 23.4 Å². The number of hydrogen-bond acceptors (Lipinski definition) is 4. The lowest BCUT2D eigenvalue weighted by atomic mass is 10.1. The number of anilines is 1. The maximum Gasteiger partial charge on any atom is 0.256 e. The molecule has 5 nitrogen and oxygen atoms in total. The Labute approximate surface area is 174 Å². The van der Waals surface area contributed by atoms with E-state index in [1.807, 2.05) is 30.0 Å². The molecule has 7 heteroatoms. The van der Waals surface area contributed by atoms with Crippen LogP contribution in [0.4, 0.5) is 5.69 Å². The summed E-state index contributed by atoms with van der Waals surface area (Å²) in [5.74, 6) is 0.691. The Morgan fingerprint density at radius 3 is 2.64 bits per heavy atom. The fourth-order valence-corrected chi connectivity index (χ4v) is 4.20. The molecule has 1 saturated heterocycles. The van der Waals surface area contributed by atoms with E-state index in [4.69, 9.17) is 16.3 Å². The number of nitrogens with zero attached hydrogens (tertiary/aromatic N) is 1. The van der Waals surface area contributed by atoms with Gasteiger partial charge in [-0.3, -0.25) is 9.59 Å². The van der Waals surface area contributed by atoms with Crippen LogP contribution in [-0.2, 0) is 4.79 Å². The zero-order valence-electron chi connectivity index (χ0n) is 16.0. The Morgan fingerprint density at radius 1 is 1.21 bits per heavy atom. The van der Waals surface area contributed by atoms with Gasteiger partial charge in [0, 0.05) is 29.1 Å². The zero-order chi connectivity index (χ0) is 20.1. The molecule has 0 spiro atoms. The molecular formula is C21H23ClN2O3S. The average molecular weight is 419 g/mol. The summed E-state index contributed by atoms with van der Waals surface area (Å²) in [6.45, 7) is 3.53. The first-order valence-corrected chi connectivity index (χ1v) is 10.5. The molecule has 3 rings (SSSR count). The summed E-state index contributed by atoms with van der Waals surface area (Å²) in [6, 6.07) is 10.8. The third-order valence-electron chi connectivity index (χ3n) is 4.67. The Hall–Kier alpha value is -2.18. The van der Waals surface area contributed by atoms with Crippen LogP contribution in [0.15, 0.2) is 41.3 Å². The number of benzene rings is 2. The summed E-state index contributed by atoms with van der Waals surface area (Å²) in [7, 11) is 1.53. The van der Waals surface area contributed by atoms with E-state index < -0.39 is 0 Å². The molecule has 148 valence electrons. The van der Waals surface area contributed by atoms with Gasteiger partial charge in [0.2, 0.25) is 5.91 Å². The third kappa shape index (κ3) is 4.80. The van der Waals surface area contributed by atoms with E-state index in [0.29, 0.717) is 27.8 Å². The predicted octanol–water partition coefficient (Wildman–Crippen LogP) is 4.62. The van der Waals surface area contributed by atoms with E-state index in [2.05, 4.69) is 5.32 Å². The number of likely N-dealkylation sites (tertiary alicyclic amines) is 1. The molecule has 2 amide bonds. The van der Waals surface area contributed by atoms with Crippen LogP contribution in [0.5, 0.6) is 5.75 Å². The van der Waals surface area contributed by atoms with E-state index in [1.165, 1.54) is 18.9 Å². The molecule has 2 aromatic rings. The summed E-state index contributed by atoms with van der Waals surface area (Å²) >= 11 is 7.53. The van der Waals surface area contributed by atoms with Crippen LogP contribution in [0.1, 0.15) is 28.8 Å². The lowest BCUT2D eigenvalue weighted by molar-refractivity contribution is -0.127. The van der Waals surface area contributed by atoms with Crippen molar-refractivity contribution in [2.45, 2.75) is 24.7 Å². The molecule has 0 radical (unpaired) electrons. The van der Waals surface area contributed by atoms with E-state index in [0.717, 1.165) is 36.4 Å². The van der Waals surface area contributed by atoms with Crippen molar-refractivity contribution in [3.8, 4) is 5.75 Å². The second kappa shape index (κ2) is 9.34. The molecular weight excluding hydrogens is 396 g/mol. The van der Waals surface area contributed by atoms with E-state index in [1.54, 1.807) is 18.2 Å². The van der Waals surface area contributed by atoms with Gasteiger partial charge < -0.3 is 15.0 Å². The maximum absolute atomic E-state index is 12.9. The Balaban J connectivity index is 1.74. The van der Waals surface area contributed by atoms with E-state index in [9.17, 15) is 9.59 Å². The largest absolute Gasteiger partial charge is 0.495 e. The van der Waals surface area contributed by atoms with E-state index >= 15 is 0 Å². The normalized spacial score (nSPS) is 13.5. The number of methoxy groups -OCH3 is 1. The van der Waals surface area contributed by atoms with Crippen LogP contribution in [0.25, 0.3) is 0 Å². The van der Waals surface area contributed by atoms with Crippen molar-refractivity contribution < 1.29 is 14.3 Å². The van der Waals surface area contributed by atoms with Gasteiger partial charge in [-0.25, -0.2) is 0 Å². The number of amides is 2. The lowest BCUT2D eigenvalue weighted by Crippen LogP contribution is -2.29. The lowest BCUT2D eigenvalue weighted by Gasteiger charge is -2.16. The molecule has 2 aromatic carbocycles. The molecule has 1 N–H and O–H groups in total. The highest BCUT2D eigenvalue weighted by atomic mass is 35.5. The molecule has 1 heterocycles. The van der Waals surface area contributed by atoms with Gasteiger partial charge in [0.1, 0.15) is 5.75 Å². The molecule has 0 aromatic heterocycles. The van der Waals surface area contributed by atoms with Gasteiger partial charge in [0.15, 0.2) is 0 Å². The monoisotopic (exact) mass is 418 g/mol. The Morgan fingerprint density at radius 2 is 1.93 bits per heavy atom. The summed E-state index contributed by atoms with van der Waals surface area (Å²) < 4.78 is 5.33. The number of halogens is 1. The number of thioether (sulfide) groups is 1. The molecule has 0 aliphatic carbocycles. The minimum atomic E-state index is -0.253. The summed E-state index contributed by atoms with van der Waals surface area (Å²) in [5.41, 5.74) is 1.93. The average Bonchev–Trinajstić information content (AvgIpc) is 3.24. The topological polar surface area (TPSA) is 58.6 Å². The van der Waals surface area contributed by atoms with Crippen molar-refractivity contribution in [1.29, 1.82) is 0 Å². The van der Waals surface area contributed by atoms with Crippen molar-refractivity contribution in [3.63, 3.8) is 0 Å². The molecule has 0 atom stereocenters. The van der Waals surface area contributed by atoms with Crippen molar-refractivity contribution in [2.75, 3.05) is 31.3 Å². The maximum atomic E-state index is 12.9. The van der Waals surface area contributed by atoms with Gasteiger partial charge in [0.25, 0.3) is 5.91 Å². The number of ether oxygens (including phenoxy) is 1. The van der Waals surface area contributed by atoms with Crippen LogP contribution in [0.3, 0.4) is 0 Å². The van der Waals surface area contributed by atoms with Gasteiger partial charge >= 0.3 is 0 Å². The third-order valence-corrected chi connectivity index (χ3v) is 6.14. The summed E-state index contributed by atoms with van der Waals surface area (Å²) in [4.78, 5) is 27.9. The number of aryl methyl sites for hydroxylation is 1. The van der Waals surface area contributed by atoms with Crippen LogP contribution in [0.2, 0.25) is 5.02 Å². The van der Waals surface area contributed by atoms with Gasteiger partial charge in [-0.05, 0) is 43.5 Å². The van der Waals surface area contributed by atoms with Crippen LogP contribution < -0.4 is 10.1 Å². The predicted molar refractivity (Wildman–Crippen MR) is 114 cm³/mol. The second-order valence-corrected chi connectivity index (χ2v) is 8.05. The summed E-state index contributed by atoms with van der Waals surface area (Å²) in [5, 5.41) is 3.47. The minimum Gasteiger partial charge on any atom is -0.495 e. The first-order chi connectivity index (χ1) is 13.5. The molecule has 0 unspecified atom stereocenters.